The van der Waals surface area contributed by atoms with Gasteiger partial charge in [0.15, 0.2) is 11.9 Å². The second-order valence-corrected chi connectivity index (χ2v) is 9.19. The number of nitrogens with zero attached hydrogens (tertiary/aromatic N) is 1. The zero-order chi connectivity index (χ0) is 23.3. The van der Waals surface area contributed by atoms with Gasteiger partial charge < -0.3 is 19.3 Å². The lowest BCUT2D eigenvalue weighted by Crippen LogP contribution is -2.34. The third-order valence-electron chi connectivity index (χ3n) is 5.10. The van der Waals surface area contributed by atoms with Crippen LogP contribution in [0.3, 0.4) is 0 Å². The molecule has 1 aliphatic heterocycles. The van der Waals surface area contributed by atoms with Gasteiger partial charge in [0, 0.05) is 0 Å². The molecule has 9 nitrogen and oxygen atoms in total. The van der Waals surface area contributed by atoms with E-state index in [2.05, 4.69) is 0 Å². The first-order valence-corrected chi connectivity index (χ1v) is 11.8. The summed E-state index contributed by atoms with van der Waals surface area (Å²) in [6.07, 6.45) is -1.69. The van der Waals surface area contributed by atoms with Crippen molar-refractivity contribution in [1.29, 1.82) is 0 Å². The van der Waals surface area contributed by atoms with Crippen molar-refractivity contribution in [3.8, 4) is 0 Å². The van der Waals surface area contributed by atoms with Crippen molar-refractivity contribution in [3.63, 3.8) is 0 Å². The molecule has 2 aromatic carbocycles. The highest BCUT2D eigenvalue weighted by Crippen LogP contribution is 2.65. The molecule has 4 atom stereocenters. The molecule has 0 radical (unpaired) electrons. The Hall–Kier alpha value is -2.55. The summed E-state index contributed by atoms with van der Waals surface area (Å²) >= 11 is 0. The fourth-order valence-corrected chi connectivity index (χ4v) is 5.99. The molecule has 3 rings (SSSR count). The maximum absolute atomic E-state index is 14.0. The third kappa shape index (κ3) is 4.77. The van der Waals surface area contributed by atoms with Crippen LogP contribution in [0.15, 0.2) is 60.7 Å². The van der Waals surface area contributed by atoms with Gasteiger partial charge in [-0.25, -0.2) is 4.79 Å². The summed E-state index contributed by atoms with van der Waals surface area (Å²) in [5, 5.41) is 20.8. The van der Waals surface area contributed by atoms with Crippen molar-refractivity contribution >= 4 is 19.5 Å². The van der Waals surface area contributed by atoms with E-state index < -0.39 is 43.4 Å². The number of rotatable bonds is 10. The van der Waals surface area contributed by atoms with Crippen molar-refractivity contribution in [2.45, 2.75) is 31.8 Å². The van der Waals surface area contributed by atoms with E-state index in [0.29, 0.717) is 11.1 Å². The molecule has 1 aliphatic rings. The van der Waals surface area contributed by atoms with Crippen LogP contribution < -0.4 is 0 Å². The minimum Gasteiger partial charge on any atom is -0.481 e. The van der Waals surface area contributed by atoms with Crippen LogP contribution in [0.1, 0.15) is 36.8 Å². The van der Waals surface area contributed by atoms with Gasteiger partial charge >= 0.3 is 19.5 Å². The molecule has 0 saturated carbocycles. The average Bonchev–Trinajstić information content (AvgIpc) is 3.16. The van der Waals surface area contributed by atoms with Crippen LogP contribution in [-0.2, 0) is 28.0 Å². The van der Waals surface area contributed by atoms with Gasteiger partial charge in [-0.1, -0.05) is 60.7 Å². The van der Waals surface area contributed by atoms with E-state index in [1.165, 1.54) is 5.06 Å². The lowest BCUT2D eigenvalue weighted by molar-refractivity contribution is -0.195. The Morgan fingerprint density at radius 3 is 1.97 bits per heavy atom. The molecule has 172 valence electrons. The van der Waals surface area contributed by atoms with Crippen LogP contribution in [0.5, 0.6) is 0 Å². The van der Waals surface area contributed by atoms with Gasteiger partial charge in [-0.2, -0.15) is 5.06 Å². The Bertz CT molecular complexity index is 960. The van der Waals surface area contributed by atoms with Gasteiger partial charge in [0.2, 0.25) is 0 Å². The number of carboxylic acids is 2. The molecule has 1 unspecified atom stereocenters. The largest absolute Gasteiger partial charge is 0.481 e. The molecule has 10 heteroatoms. The van der Waals surface area contributed by atoms with E-state index in [1.54, 1.807) is 74.5 Å². The second kappa shape index (κ2) is 10.4. The van der Waals surface area contributed by atoms with Gasteiger partial charge in [0.25, 0.3) is 0 Å². The first-order chi connectivity index (χ1) is 15.3. The number of hydroxylamine groups is 2. The molecule has 0 bridgehead atoms. The Labute approximate surface area is 186 Å². The van der Waals surface area contributed by atoms with E-state index in [0.717, 1.165) is 0 Å². The predicted molar refractivity (Wildman–Crippen MR) is 115 cm³/mol. The maximum atomic E-state index is 14.0. The number of benzene rings is 2. The molecule has 0 aliphatic carbocycles. The van der Waals surface area contributed by atoms with Crippen LogP contribution >= 0.6 is 7.60 Å². The Morgan fingerprint density at radius 2 is 1.50 bits per heavy atom. The number of hydrogen-bond donors (Lipinski definition) is 2. The van der Waals surface area contributed by atoms with Crippen molar-refractivity contribution in [2.24, 2.45) is 5.92 Å². The van der Waals surface area contributed by atoms with Gasteiger partial charge in [-0.05, 0) is 25.0 Å². The standard InChI is InChI=1S/C22H26NO8P/c1-3-29-32(28,30-4-2)20(16-13-9-6-10-14-16)23-18(15-11-7-5-8-12-15)17(21(24)25)19(31-23)22(26)27/h5-14,17-20H,3-4H2,1-2H3,(H,24,25)(H,26,27)/t17-,18-,19+,20?/m1/s1. The van der Waals surface area contributed by atoms with Gasteiger partial charge in [0.1, 0.15) is 5.92 Å². The summed E-state index contributed by atoms with van der Waals surface area (Å²) in [4.78, 5) is 29.9. The second-order valence-electron chi connectivity index (χ2n) is 7.10. The third-order valence-corrected chi connectivity index (χ3v) is 7.46. The number of hydrogen-bond acceptors (Lipinski definition) is 7. The molecule has 0 amide bonds. The van der Waals surface area contributed by atoms with Crippen molar-refractivity contribution < 1.29 is 38.3 Å². The summed E-state index contributed by atoms with van der Waals surface area (Å²) < 4.78 is 25.2. The lowest BCUT2D eigenvalue weighted by Gasteiger charge is -2.36. The summed E-state index contributed by atoms with van der Waals surface area (Å²) in [6, 6.07) is 16.1. The van der Waals surface area contributed by atoms with E-state index in [9.17, 15) is 24.4 Å². The fraction of sp³-hybridized carbons (Fsp3) is 0.364. The van der Waals surface area contributed by atoms with Crippen LogP contribution in [-0.4, -0.2) is 46.5 Å². The average molecular weight is 463 g/mol. The maximum Gasteiger partial charge on any atom is 0.354 e. The monoisotopic (exact) mass is 463 g/mol. The zero-order valence-corrected chi connectivity index (χ0v) is 18.6. The molecule has 2 aromatic rings. The van der Waals surface area contributed by atoms with Crippen molar-refractivity contribution in [2.75, 3.05) is 13.2 Å². The molecular weight excluding hydrogens is 437 g/mol. The lowest BCUT2D eigenvalue weighted by atomic mass is 9.89. The van der Waals surface area contributed by atoms with Crippen molar-refractivity contribution in [1.82, 2.24) is 5.06 Å². The fourth-order valence-electron chi connectivity index (χ4n) is 3.90. The highest BCUT2D eigenvalue weighted by atomic mass is 31.2. The van der Waals surface area contributed by atoms with E-state index in [1.807, 2.05) is 0 Å². The number of carboxylic acid groups (broad SMARTS) is 2. The van der Waals surface area contributed by atoms with Gasteiger partial charge in [0.05, 0.1) is 19.3 Å². The molecule has 2 N–H and O–H groups in total. The molecule has 1 heterocycles. The minimum absolute atomic E-state index is 0.0647. The predicted octanol–water partition coefficient (Wildman–Crippen LogP) is 4.09. The smallest absolute Gasteiger partial charge is 0.354 e. The normalized spacial score (nSPS) is 22.5. The Kier molecular flexibility index (Phi) is 7.82. The SMILES string of the molecule is CCOP(=O)(OCC)C(c1ccccc1)N1O[C@H](C(=O)O)[C@H](C(=O)O)[C@H]1c1ccccc1. The van der Waals surface area contributed by atoms with Crippen molar-refractivity contribution in [3.05, 3.63) is 71.8 Å². The van der Waals surface area contributed by atoms with Crippen LogP contribution in [0.2, 0.25) is 0 Å². The Morgan fingerprint density at radius 1 is 0.969 bits per heavy atom. The molecular formula is C22H26NO8P. The molecule has 0 aromatic heterocycles. The topological polar surface area (TPSA) is 123 Å². The molecule has 0 spiro atoms. The molecule has 1 fully saturated rings. The Balaban J connectivity index is 2.23. The summed E-state index contributed by atoms with van der Waals surface area (Å²) in [7, 11) is -3.96. The molecule has 1 saturated heterocycles. The van der Waals surface area contributed by atoms with E-state index in [4.69, 9.17) is 13.9 Å². The van der Waals surface area contributed by atoms with Crippen LogP contribution in [0.25, 0.3) is 0 Å². The van der Waals surface area contributed by atoms with Crippen LogP contribution in [0, 0.1) is 5.92 Å². The highest BCUT2D eigenvalue weighted by Gasteiger charge is 2.57. The first kappa shape index (κ1) is 24.1. The van der Waals surface area contributed by atoms with E-state index >= 15 is 0 Å². The number of carbonyl (C=O) groups is 2. The summed E-state index contributed by atoms with van der Waals surface area (Å²) in [5.74, 6) is -5.43. The van der Waals surface area contributed by atoms with Gasteiger partial charge in [-0.15, -0.1) is 0 Å². The van der Waals surface area contributed by atoms with Gasteiger partial charge in [-0.3, -0.25) is 14.2 Å². The first-order valence-electron chi connectivity index (χ1n) is 10.2. The highest BCUT2D eigenvalue weighted by molar-refractivity contribution is 7.54. The number of aliphatic carboxylic acids is 2. The summed E-state index contributed by atoms with van der Waals surface area (Å²) in [6.45, 7) is 3.45. The van der Waals surface area contributed by atoms with E-state index in [-0.39, 0.29) is 13.2 Å². The minimum atomic E-state index is -3.96. The summed E-state index contributed by atoms with van der Waals surface area (Å²) in [5.41, 5.74) is 0.984. The zero-order valence-electron chi connectivity index (χ0n) is 17.7. The van der Waals surface area contributed by atoms with Crippen LogP contribution in [0.4, 0.5) is 0 Å². The molecule has 32 heavy (non-hydrogen) atoms. The quantitative estimate of drug-likeness (QED) is 0.502.